The molecule has 1 heterocycles. The van der Waals surface area contributed by atoms with Gasteiger partial charge in [-0.05, 0) is 31.7 Å². The third kappa shape index (κ3) is 5.23. The number of rotatable bonds is 3. The Balaban J connectivity index is 0.00000154. The molecule has 1 rings (SSSR count). The maximum absolute atomic E-state index is 11.6. The van der Waals surface area contributed by atoms with Crippen LogP contribution in [-0.4, -0.2) is 18.1 Å². The van der Waals surface area contributed by atoms with Gasteiger partial charge in [0.15, 0.2) is 0 Å². The lowest BCUT2D eigenvalue weighted by Gasteiger charge is -2.39. The maximum atomic E-state index is 11.6. The zero-order valence-corrected chi connectivity index (χ0v) is 13.5. The van der Waals surface area contributed by atoms with Crippen LogP contribution in [-0.2, 0) is 4.65 Å². The number of aryl methyl sites for hydroxylation is 1. The summed E-state index contributed by atoms with van der Waals surface area (Å²) in [5.74, 6) is 0. The first-order valence-corrected chi connectivity index (χ1v) is 6.84. The quantitative estimate of drug-likeness (QED) is 0.853. The van der Waals surface area contributed by atoms with Crippen LogP contribution in [0.15, 0.2) is 17.1 Å². The second-order valence-electron chi connectivity index (χ2n) is 5.96. The van der Waals surface area contributed by atoms with Gasteiger partial charge in [-0.25, -0.2) is 0 Å². The Morgan fingerprint density at radius 3 is 2.16 bits per heavy atom. The number of hydrogen-bond acceptors (Lipinski definition) is 2. The van der Waals surface area contributed by atoms with Crippen molar-refractivity contribution in [2.45, 2.75) is 61.0 Å². The molecule has 1 N–H and O–H groups in total. The molecule has 0 saturated heterocycles. The van der Waals surface area contributed by atoms with Crippen molar-refractivity contribution in [3.05, 3.63) is 28.2 Å². The molecule has 0 bridgehead atoms. The van der Waals surface area contributed by atoms with Gasteiger partial charge in [0, 0.05) is 11.7 Å². The van der Waals surface area contributed by atoms with Gasteiger partial charge in [-0.15, -0.1) is 0 Å². The summed E-state index contributed by atoms with van der Waals surface area (Å²) in [5, 5.41) is 0. The summed E-state index contributed by atoms with van der Waals surface area (Å²) < 4.78 is 5.77. The van der Waals surface area contributed by atoms with E-state index in [0.29, 0.717) is 5.46 Å². The van der Waals surface area contributed by atoms with E-state index in [-0.39, 0.29) is 16.6 Å². The van der Waals surface area contributed by atoms with Gasteiger partial charge in [-0.1, -0.05) is 40.7 Å². The molecule has 0 saturated carbocycles. The summed E-state index contributed by atoms with van der Waals surface area (Å²) in [6, 6.07) is 1.82. The molecule has 0 aliphatic rings. The fourth-order valence-corrected chi connectivity index (χ4v) is 1.09. The van der Waals surface area contributed by atoms with Crippen molar-refractivity contribution in [2.24, 2.45) is 5.41 Å². The molecule has 0 aliphatic carbocycles. The van der Waals surface area contributed by atoms with E-state index in [4.69, 9.17) is 4.65 Å². The summed E-state index contributed by atoms with van der Waals surface area (Å²) in [5.41, 5.74) is 1.11. The third-order valence-electron chi connectivity index (χ3n) is 3.36. The van der Waals surface area contributed by atoms with Crippen LogP contribution in [0.25, 0.3) is 0 Å². The van der Waals surface area contributed by atoms with Crippen molar-refractivity contribution in [3.8, 4) is 0 Å². The van der Waals surface area contributed by atoms with Crippen molar-refractivity contribution >= 4 is 12.9 Å². The second kappa shape index (κ2) is 6.95. The normalized spacial score (nSPS) is 11.6. The van der Waals surface area contributed by atoms with Gasteiger partial charge in [0.05, 0.1) is 5.60 Å². The van der Waals surface area contributed by atoms with Crippen LogP contribution in [0.3, 0.4) is 0 Å². The predicted octanol–water partition coefficient (Wildman–Crippen LogP) is 2.80. The number of H-pyrrole nitrogens is 1. The molecule has 0 spiro atoms. The first kappa shape index (κ1) is 18.0. The fourth-order valence-electron chi connectivity index (χ4n) is 1.09. The summed E-state index contributed by atoms with van der Waals surface area (Å²) in [6.07, 6.45) is 1.69. The van der Waals surface area contributed by atoms with Crippen molar-refractivity contribution in [2.75, 3.05) is 0 Å². The van der Waals surface area contributed by atoms with Gasteiger partial charge < -0.3 is 9.64 Å². The van der Waals surface area contributed by atoms with E-state index >= 15 is 0 Å². The first-order valence-electron chi connectivity index (χ1n) is 6.84. The molecule has 3 nitrogen and oxygen atoms in total. The molecule has 4 heteroatoms. The smallest absolute Gasteiger partial charge is 0.336 e. The average Bonchev–Trinajstić information content (AvgIpc) is 2.31. The molecule has 1 radical (unpaired) electrons. The molecule has 0 aliphatic heterocycles. The molecule has 19 heavy (non-hydrogen) atoms. The number of aromatic nitrogens is 1. The van der Waals surface area contributed by atoms with Crippen LogP contribution < -0.4 is 11.0 Å². The van der Waals surface area contributed by atoms with Crippen LogP contribution in [0, 0.1) is 12.3 Å². The van der Waals surface area contributed by atoms with Crippen molar-refractivity contribution < 1.29 is 4.65 Å². The molecule has 107 valence electrons. The zero-order valence-electron chi connectivity index (χ0n) is 13.5. The predicted molar refractivity (Wildman–Crippen MR) is 83.2 cm³/mol. The van der Waals surface area contributed by atoms with Crippen LogP contribution in [0.2, 0.25) is 0 Å². The molecule has 1 aromatic heterocycles. The van der Waals surface area contributed by atoms with E-state index in [1.807, 2.05) is 40.7 Å². The maximum Gasteiger partial charge on any atom is 0.336 e. The van der Waals surface area contributed by atoms with Crippen molar-refractivity contribution in [1.29, 1.82) is 0 Å². The lowest BCUT2D eigenvalue weighted by Crippen LogP contribution is -2.45. The SMILES string of the molecule is CC.Cc1c[nH]c(=O)c([B]OC(C)(C)C(C)(C)C)c1. The topological polar surface area (TPSA) is 42.1 Å². The molecular formula is C15H27BNO2. The average molecular weight is 264 g/mol. The molecule has 0 unspecified atom stereocenters. The van der Waals surface area contributed by atoms with Crippen LogP contribution in [0.5, 0.6) is 0 Å². The van der Waals surface area contributed by atoms with Gasteiger partial charge in [-0.2, -0.15) is 0 Å². The number of aromatic amines is 1. The van der Waals surface area contributed by atoms with Gasteiger partial charge in [0.2, 0.25) is 5.56 Å². The molecule has 0 amide bonds. The van der Waals surface area contributed by atoms with Crippen LogP contribution >= 0.6 is 0 Å². The standard InChI is InChI=1S/C13H21BNO2.C2H6/c1-9-7-10(11(16)15-8-9)14-17-13(5,6)12(2,3)4;1-2/h7-8H,1-6H3,(H,15,16);1-2H3. The second-order valence-corrected chi connectivity index (χ2v) is 5.96. The molecule has 1 aromatic rings. The third-order valence-corrected chi connectivity index (χ3v) is 3.36. The highest BCUT2D eigenvalue weighted by atomic mass is 16.5. The Morgan fingerprint density at radius 1 is 1.16 bits per heavy atom. The highest BCUT2D eigenvalue weighted by molar-refractivity contribution is 6.46. The Bertz CT molecular complexity index is 444. The summed E-state index contributed by atoms with van der Waals surface area (Å²) in [6.45, 7) is 16.3. The van der Waals surface area contributed by atoms with E-state index < -0.39 is 0 Å². The molecule has 0 atom stereocenters. The largest absolute Gasteiger partial charge is 0.429 e. The summed E-state index contributed by atoms with van der Waals surface area (Å²) >= 11 is 0. The van der Waals surface area contributed by atoms with Crippen molar-refractivity contribution in [1.82, 2.24) is 4.98 Å². The monoisotopic (exact) mass is 264 g/mol. The Hall–Kier alpha value is -1.03. The molecule has 0 fully saturated rings. The number of hydrogen-bond donors (Lipinski definition) is 1. The fraction of sp³-hybridized carbons (Fsp3) is 0.667. The van der Waals surface area contributed by atoms with Crippen molar-refractivity contribution in [3.63, 3.8) is 0 Å². The first-order chi connectivity index (χ1) is 8.63. The minimum absolute atomic E-state index is 0.0000862. The lowest BCUT2D eigenvalue weighted by molar-refractivity contribution is 0.00500. The Kier molecular flexibility index (Phi) is 6.57. The summed E-state index contributed by atoms with van der Waals surface area (Å²) in [4.78, 5) is 14.2. The highest BCUT2D eigenvalue weighted by Gasteiger charge is 2.33. The number of nitrogens with one attached hydrogen (secondary N) is 1. The van der Waals surface area contributed by atoms with Gasteiger partial charge in [-0.3, -0.25) is 4.79 Å². The van der Waals surface area contributed by atoms with E-state index in [1.165, 1.54) is 0 Å². The van der Waals surface area contributed by atoms with Crippen LogP contribution in [0.4, 0.5) is 0 Å². The highest BCUT2D eigenvalue weighted by Crippen LogP contribution is 2.32. The van der Waals surface area contributed by atoms with Gasteiger partial charge in [0.1, 0.15) is 0 Å². The van der Waals surface area contributed by atoms with Crippen LogP contribution in [0.1, 0.15) is 54.0 Å². The summed E-state index contributed by atoms with van der Waals surface area (Å²) in [7, 11) is 1.55. The zero-order chi connectivity index (χ0) is 15.3. The minimum Gasteiger partial charge on any atom is -0.429 e. The molecular weight excluding hydrogens is 237 g/mol. The van der Waals surface area contributed by atoms with E-state index in [9.17, 15) is 4.79 Å². The minimum atomic E-state index is -0.330. The van der Waals surface area contributed by atoms with E-state index in [1.54, 1.807) is 13.7 Å². The van der Waals surface area contributed by atoms with Gasteiger partial charge >= 0.3 is 7.48 Å². The van der Waals surface area contributed by atoms with Gasteiger partial charge in [0.25, 0.3) is 0 Å². The van der Waals surface area contributed by atoms with E-state index in [0.717, 1.165) is 5.56 Å². The lowest BCUT2D eigenvalue weighted by atomic mass is 9.76. The number of pyridine rings is 1. The van der Waals surface area contributed by atoms with E-state index in [2.05, 4.69) is 25.8 Å². The Labute approximate surface area is 118 Å². The Morgan fingerprint density at radius 2 is 1.68 bits per heavy atom. The molecule has 0 aromatic carbocycles.